The Morgan fingerprint density at radius 2 is 1.08 bits per heavy atom. The number of allylic oxidation sites excluding steroid dienone is 2. The Bertz CT molecular complexity index is 918. The number of hydrogen-bond donors (Lipinski definition) is 0. The molecular weight excluding hydrogens is 367 g/mol. The molecule has 0 amide bonds. The van der Waals surface area contributed by atoms with Crippen LogP contribution >= 0.6 is 23.2 Å². The number of fused-ring (bicyclic) bond motifs is 2. The van der Waals surface area contributed by atoms with Crippen LogP contribution in [0.15, 0.2) is 47.5 Å². The third-order valence-electron chi connectivity index (χ3n) is 5.20. The van der Waals surface area contributed by atoms with Gasteiger partial charge in [0.1, 0.15) is 12.6 Å². The van der Waals surface area contributed by atoms with Crippen molar-refractivity contribution in [2.24, 2.45) is 0 Å². The summed E-state index contributed by atoms with van der Waals surface area (Å²) in [5, 5.41) is 1.09. The fourth-order valence-corrected chi connectivity index (χ4v) is 4.31. The maximum Gasteiger partial charge on any atom is 0.147 e. The monoisotopic (exact) mass is 382 g/mol. The minimum Gasteiger partial charge on any atom is -0.298 e. The number of hydrogen-bond acceptors (Lipinski definition) is 2. The molecule has 0 fully saturated rings. The lowest BCUT2D eigenvalue weighted by Crippen LogP contribution is -2.05. The molecule has 0 radical (unpaired) electrons. The number of halogens is 2. The first kappa shape index (κ1) is 17.3. The van der Waals surface area contributed by atoms with Gasteiger partial charge in [0.25, 0.3) is 0 Å². The summed E-state index contributed by atoms with van der Waals surface area (Å²) in [5.74, 6) is 0. The fourth-order valence-electron chi connectivity index (χ4n) is 3.68. The molecular formula is C22H16Cl2O2. The highest BCUT2D eigenvalue weighted by atomic mass is 35.5. The lowest BCUT2D eigenvalue weighted by molar-refractivity contribution is -0.105. The van der Waals surface area contributed by atoms with E-state index in [1.165, 1.54) is 0 Å². The van der Waals surface area contributed by atoms with Crippen molar-refractivity contribution in [2.75, 3.05) is 0 Å². The van der Waals surface area contributed by atoms with Gasteiger partial charge in [-0.2, -0.15) is 0 Å². The molecule has 2 aliphatic carbocycles. The first-order chi connectivity index (χ1) is 12.6. The molecule has 0 saturated carbocycles. The highest BCUT2D eigenvalue weighted by Gasteiger charge is 2.20. The molecule has 26 heavy (non-hydrogen) atoms. The van der Waals surface area contributed by atoms with Crippen molar-refractivity contribution in [3.63, 3.8) is 0 Å². The average molecular weight is 383 g/mol. The Labute approximate surface area is 162 Å². The number of aldehydes is 2. The van der Waals surface area contributed by atoms with Crippen molar-refractivity contribution in [1.82, 2.24) is 0 Å². The lowest BCUT2D eigenvalue weighted by atomic mass is 9.87. The van der Waals surface area contributed by atoms with Gasteiger partial charge in [-0.25, -0.2) is 0 Å². The molecule has 0 N–H and O–H groups in total. The molecule has 0 atom stereocenters. The zero-order valence-corrected chi connectivity index (χ0v) is 15.5. The molecule has 0 aromatic heterocycles. The largest absolute Gasteiger partial charge is 0.298 e. The summed E-state index contributed by atoms with van der Waals surface area (Å²) in [4.78, 5) is 22.4. The van der Waals surface area contributed by atoms with Crippen LogP contribution in [0.2, 0.25) is 0 Å². The second-order valence-electron chi connectivity index (χ2n) is 6.66. The topological polar surface area (TPSA) is 34.1 Å². The van der Waals surface area contributed by atoms with E-state index >= 15 is 0 Å². The molecule has 0 unspecified atom stereocenters. The van der Waals surface area contributed by atoms with Crippen molar-refractivity contribution in [1.29, 1.82) is 0 Å². The van der Waals surface area contributed by atoms with Gasteiger partial charge < -0.3 is 0 Å². The van der Waals surface area contributed by atoms with E-state index in [-0.39, 0.29) is 0 Å². The Kier molecular flexibility index (Phi) is 4.56. The van der Waals surface area contributed by atoms with E-state index in [4.69, 9.17) is 23.2 Å². The highest BCUT2D eigenvalue weighted by Crippen LogP contribution is 2.39. The van der Waals surface area contributed by atoms with Crippen LogP contribution in [-0.2, 0) is 22.4 Å². The van der Waals surface area contributed by atoms with Gasteiger partial charge in [-0.05, 0) is 71.2 Å². The number of carbonyl (C=O) groups excluding carboxylic acids is 2. The fraction of sp³-hybridized carbons (Fsp3) is 0.182. The molecule has 2 aliphatic rings. The van der Waals surface area contributed by atoms with Crippen LogP contribution in [0, 0.1) is 0 Å². The Morgan fingerprint density at radius 1 is 0.654 bits per heavy atom. The summed E-state index contributed by atoms with van der Waals surface area (Å²) in [7, 11) is 0. The predicted octanol–water partition coefficient (Wildman–Crippen LogP) is 5.54. The molecule has 0 spiro atoms. The molecule has 2 aromatic rings. The third kappa shape index (κ3) is 2.84. The van der Waals surface area contributed by atoms with Crippen LogP contribution < -0.4 is 0 Å². The van der Waals surface area contributed by atoms with Gasteiger partial charge in [-0.3, -0.25) is 9.59 Å². The van der Waals surface area contributed by atoms with E-state index in [0.29, 0.717) is 34.1 Å². The quantitative estimate of drug-likeness (QED) is 0.652. The van der Waals surface area contributed by atoms with Crippen LogP contribution in [0.1, 0.15) is 35.1 Å². The number of aryl methyl sites for hydroxylation is 2. The molecule has 0 bridgehead atoms. The lowest BCUT2D eigenvalue weighted by Gasteiger charge is -2.20. The van der Waals surface area contributed by atoms with Crippen molar-refractivity contribution in [2.45, 2.75) is 25.7 Å². The van der Waals surface area contributed by atoms with Crippen LogP contribution in [0.5, 0.6) is 0 Å². The predicted molar refractivity (Wildman–Crippen MR) is 106 cm³/mol. The zero-order valence-electron chi connectivity index (χ0n) is 14.0. The van der Waals surface area contributed by atoms with Gasteiger partial charge in [0.15, 0.2) is 0 Å². The highest BCUT2D eigenvalue weighted by molar-refractivity contribution is 6.51. The van der Waals surface area contributed by atoms with Gasteiger partial charge in [-0.1, -0.05) is 47.5 Å². The Morgan fingerprint density at radius 3 is 1.46 bits per heavy atom. The Hall–Kier alpha value is -2.16. The number of benzene rings is 2. The van der Waals surface area contributed by atoms with E-state index in [0.717, 1.165) is 58.8 Å². The van der Waals surface area contributed by atoms with E-state index < -0.39 is 0 Å². The summed E-state index contributed by atoms with van der Waals surface area (Å²) in [6.07, 6.45) is 4.71. The minimum atomic E-state index is 0.544. The molecule has 0 saturated heterocycles. The van der Waals surface area contributed by atoms with Gasteiger partial charge in [0.2, 0.25) is 0 Å². The van der Waals surface area contributed by atoms with E-state index in [1.54, 1.807) is 0 Å². The SMILES string of the molecule is O=CC1=C(Cl)c2cc(-c3ccc4c(c3)C(Cl)=C(C=O)CC4)ccc2CC1. The normalized spacial score (nSPS) is 16.2. The summed E-state index contributed by atoms with van der Waals surface area (Å²) >= 11 is 12.9. The first-order valence-corrected chi connectivity index (χ1v) is 9.32. The van der Waals surface area contributed by atoms with Crippen molar-refractivity contribution < 1.29 is 9.59 Å². The average Bonchev–Trinajstić information content (AvgIpc) is 2.68. The number of rotatable bonds is 3. The molecule has 130 valence electrons. The zero-order chi connectivity index (χ0) is 18.3. The molecule has 4 rings (SSSR count). The van der Waals surface area contributed by atoms with Crippen molar-refractivity contribution >= 4 is 45.8 Å². The standard InChI is InChI=1S/C22H16Cl2O2/c23-21-17(11-25)7-3-13-1-5-15(9-19(13)21)16-6-2-14-4-8-18(12-26)22(24)20(14)10-16/h1-2,5-6,9-12H,3-4,7-8H2. The second kappa shape index (κ2) is 6.86. The smallest absolute Gasteiger partial charge is 0.147 e. The van der Waals surface area contributed by atoms with Crippen molar-refractivity contribution in [3.05, 3.63) is 69.8 Å². The molecule has 4 heteroatoms. The maximum atomic E-state index is 11.2. The maximum absolute atomic E-state index is 11.2. The number of carbonyl (C=O) groups is 2. The second-order valence-corrected chi connectivity index (χ2v) is 7.41. The van der Waals surface area contributed by atoms with E-state index in [9.17, 15) is 9.59 Å². The first-order valence-electron chi connectivity index (χ1n) is 8.57. The van der Waals surface area contributed by atoms with Crippen LogP contribution in [0.3, 0.4) is 0 Å². The van der Waals surface area contributed by atoms with E-state index in [1.807, 2.05) is 12.1 Å². The summed E-state index contributed by atoms with van der Waals surface area (Å²) in [5.41, 5.74) is 7.49. The molecule has 0 aliphatic heterocycles. The van der Waals surface area contributed by atoms with Gasteiger partial charge in [0, 0.05) is 11.1 Å². The van der Waals surface area contributed by atoms with E-state index in [2.05, 4.69) is 24.3 Å². The van der Waals surface area contributed by atoms with Crippen LogP contribution in [0.4, 0.5) is 0 Å². The summed E-state index contributed by atoms with van der Waals surface area (Å²) in [6, 6.07) is 12.3. The van der Waals surface area contributed by atoms with Crippen LogP contribution in [0.25, 0.3) is 21.2 Å². The third-order valence-corrected chi connectivity index (χ3v) is 6.09. The summed E-state index contributed by atoms with van der Waals surface area (Å²) in [6.45, 7) is 0. The van der Waals surface area contributed by atoms with Gasteiger partial charge in [-0.15, -0.1) is 0 Å². The van der Waals surface area contributed by atoms with Gasteiger partial charge >= 0.3 is 0 Å². The minimum absolute atomic E-state index is 0.544. The molecule has 0 heterocycles. The molecule has 2 nitrogen and oxygen atoms in total. The Balaban J connectivity index is 1.82. The van der Waals surface area contributed by atoms with Gasteiger partial charge in [0.05, 0.1) is 10.1 Å². The molecule has 2 aromatic carbocycles. The van der Waals surface area contributed by atoms with Crippen molar-refractivity contribution in [3.8, 4) is 11.1 Å². The summed E-state index contributed by atoms with van der Waals surface area (Å²) < 4.78 is 0. The van der Waals surface area contributed by atoms with Crippen LogP contribution in [-0.4, -0.2) is 12.6 Å².